The van der Waals surface area contributed by atoms with Crippen LogP contribution in [0.5, 0.6) is 0 Å². The molecule has 0 aliphatic rings. The van der Waals surface area contributed by atoms with Gasteiger partial charge in [0.1, 0.15) is 0 Å². The number of unbranched alkanes of at least 4 members (excludes halogenated alkanes) is 3. The van der Waals surface area contributed by atoms with Gasteiger partial charge in [-0.15, -0.1) is 0 Å². The Labute approximate surface area is 125 Å². The van der Waals surface area contributed by atoms with E-state index in [4.69, 9.17) is 0 Å². The van der Waals surface area contributed by atoms with Crippen molar-refractivity contribution in [1.82, 2.24) is 14.5 Å². The average molecular weight is 315 g/mol. The fourth-order valence-corrected chi connectivity index (χ4v) is 1.76. The van der Waals surface area contributed by atoms with E-state index < -0.39 is 29.2 Å². The standard InChI is InChI=1S/C13H18FN3O5/c1-3-4-5-6-7-15-11(19)16-8-9(14)10(18)17(12(16)20)13(21)22-2/h8H,3-7H2,1-2H3,(H,15,19). The highest BCUT2D eigenvalue weighted by atomic mass is 19.1. The number of amides is 1. The van der Waals surface area contributed by atoms with Crippen molar-refractivity contribution < 1.29 is 18.7 Å². The lowest BCUT2D eigenvalue weighted by molar-refractivity contribution is 0.169. The molecule has 22 heavy (non-hydrogen) atoms. The van der Waals surface area contributed by atoms with Crippen molar-refractivity contribution >= 4 is 12.1 Å². The molecule has 0 radical (unpaired) electrons. The number of ether oxygens (including phenoxy) is 1. The summed E-state index contributed by atoms with van der Waals surface area (Å²) < 4.78 is 18.0. The van der Waals surface area contributed by atoms with Crippen molar-refractivity contribution in [3.63, 3.8) is 0 Å². The number of rotatable bonds is 5. The fourth-order valence-electron chi connectivity index (χ4n) is 1.76. The molecule has 1 N–H and O–H groups in total. The van der Waals surface area contributed by atoms with Crippen molar-refractivity contribution in [2.75, 3.05) is 13.7 Å². The van der Waals surface area contributed by atoms with E-state index in [1.807, 2.05) is 6.92 Å². The van der Waals surface area contributed by atoms with Crippen LogP contribution in [0.2, 0.25) is 0 Å². The zero-order valence-corrected chi connectivity index (χ0v) is 12.4. The number of nitrogens with one attached hydrogen (secondary N) is 1. The summed E-state index contributed by atoms with van der Waals surface area (Å²) in [6, 6.07) is -0.918. The van der Waals surface area contributed by atoms with E-state index in [9.17, 15) is 23.6 Å². The Morgan fingerprint density at radius 3 is 2.55 bits per heavy atom. The Hall–Kier alpha value is -2.45. The van der Waals surface area contributed by atoms with Crippen LogP contribution in [0.3, 0.4) is 0 Å². The number of hydrogen-bond acceptors (Lipinski definition) is 5. The van der Waals surface area contributed by atoms with E-state index in [0.29, 0.717) is 23.7 Å². The largest absolute Gasteiger partial charge is 0.452 e. The normalized spacial score (nSPS) is 10.3. The van der Waals surface area contributed by atoms with Crippen LogP contribution in [0.25, 0.3) is 0 Å². The number of halogens is 1. The summed E-state index contributed by atoms with van der Waals surface area (Å²) in [5.74, 6) is -1.41. The monoisotopic (exact) mass is 315 g/mol. The molecule has 0 aliphatic heterocycles. The van der Waals surface area contributed by atoms with Gasteiger partial charge in [0.2, 0.25) is 5.82 Å². The van der Waals surface area contributed by atoms with Crippen LogP contribution in [0.15, 0.2) is 15.8 Å². The molecular formula is C13H18FN3O5. The Bertz CT molecular complexity index is 665. The average Bonchev–Trinajstić information content (AvgIpc) is 2.50. The summed E-state index contributed by atoms with van der Waals surface area (Å²) in [6.45, 7) is 2.33. The molecule has 1 amide bonds. The first-order valence-electron chi connectivity index (χ1n) is 6.84. The van der Waals surface area contributed by atoms with Gasteiger partial charge < -0.3 is 10.1 Å². The van der Waals surface area contributed by atoms with E-state index >= 15 is 0 Å². The van der Waals surface area contributed by atoms with Gasteiger partial charge in [0.25, 0.3) is 0 Å². The van der Waals surface area contributed by atoms with E-state index in [-0.39, 0.29) is 4.57 Å². The topological polar surface area (TPSA) is 99.4 Å². The van der Waals surface area contributed by atoms with Crippen LogP contribution < -0.4 is 16.6 Å². The Morgan fingerprint density at radius 2 is 1.95 bits per heavy atom. The number of methoxy groups -OCH3 is 1. The molecule has 0 aliphatic carbocycles. The molecule has 0 atom stereocenters. The molecule has 9 heteroatoms. The fraction of sp³-hybridized carbons (Fsp3) is 0.538. The molecule has 0 fully saturated rings. The van der Waals surface area contributed by atoms with Gasteiger partial charge in [-0.2, -0.15) is 8.96 Å². The lowest BCUT2D eigenvalue weighted by Gasteiger charge is -2.09. The highest BCUT2D eigenvalue weighted by molar-refractivity contribution is 5.77. The van der Waals surface area contributed by atoms with Gasteiger partial charge in [0, 0.05) is 6.54 Å². The van der Waals surface area contributed by atoms with Gasteiger partial charge in [-0.25, -0.2) is 19.0 Å². The third-order valence-electron chi connectivity index (χ3n) is 2.93. The zero-order valence-electron chi connectivity index (χ0n) is 12.4. The molecule has 0 spiro atoms. The van der Waals surface area contributed by atoms with Gasteiger partial charge in [-0.3, -0.25) is 4.79 Å². The minimum atomic E-state index is -1.47. The first-order chi connectivity index (χ1) is 10.4. The molecule has 1 aromatic rings. The second-order valence-corrected chi connectivity index (χ2v) is 4.53. The number of nitrogens with zero attached hydrogens (tertiary/aromatic N) is 2. The van der Waals surface area contributed by atoms with Crippen molar-refractivity contribution in [1.29, 1.82) is 0 Å². The SMILES string of the molecule is CCCCCCNC(=O)n1cc(F)c(=O)n(C(=O)OC)c1=O. The summed E-state index contributed by atoms with van der Waals surface area (Å²) in [5, 5.41) is 2.42. The molecule has 0 aromatic carbocycles. The molecule has 122 valence electrons. The third kappa shape index (κ3) is 4.03. The van der Waals surface area contributed by atoms with Crippen LogP contribution in [0.1, 0.15) is 32.6 Å². The first kappa shape index (κ1) is 17.6. The number of carbonyl (C=O) groups excluding carboxylic acids is 2. The Balaban J connectivity index is 2.98. The summed E-state index contributed by atoms with van der Waals surface area (Å²) in [7, 11) is 0.928. The Morgan fingerprint density at radius 1 is 1.27 bits per heavy atom. The predicted octanol–water partition coefficient (Wildman–Crippen LogP) is 0.902. The maximum Gasteiger partial charge on any atom is 0.425 e. The lowest BCUT2D eigenvalue weighted by Crippen LogP contribution is -2.48. The molecule has 1 heterocycles. The minimum absolute atomic E-state index is 0.0774. The van der Waals surface area contributed by atoms with E-state index in [2.05, 4.69) is 10.1 Å². The van der Waals surface area contributed by atoms with Crippen molar-refractivity contribution in [3.8, 4) is 0 Å². The number of hydrogen-bond donors (Lipinski definition) is 1. The van der Waals surface area contributed by atoms with Crippen molar-refractivity contribution in [3.05, 3.63) is 32.9 Å². The van der Waals surface area contributed by atoms with Gasteiger partial charge in [0.05, 0.1) is 13.3 Å². The third-order valence-corrected chi connectivity index (χ3v) is 2.93. The molecule has 0 saturated heterocycles. The van der Waals surface area contributed by atoms with Gasteiger partial charge >= 0.3 is 23.4 Å². The molecule has 1 aromatic heterocycles. The Kier molecular flexibility index (Phi) is 6.48. The number of aromatic nitrogens is 2. The molecule has 0 unspecified atom stereocenters. The number of carbonyl (C=O) groups is 2. The molecule has 1 rings (SSSR count). The lowest BCUT2D eigenvalue weighted by atomic mass is 10.2. The molecular weight excluding hydrogens is 297 g/mol. The van der Waals surface area contributed by atoms with Gasteiger partial charge in [-0.05, 0) is 6.42 Å². The highest BCUT2D eigenvalue weighted by Gasteiger charge is 2.20. The second kappa shape index (κ2) is 8.11. The second-order valence-electron chi connectivity index (χ2n) is 4.53. The van der Waals surface area contributed by atoms with Gasteiger partial charge in [0.15, 0.2) is 0 Å². The van der Waals surface area contributed by atoms with Gasteiger partial charge in [-0.1, -0.05) is 26.2 Å². The van der Waals surface area contributed by atoms with Crippen molar-refractivity contribution in [2.45, 2.75) is 32.6 Å². The molecule has 0 saturated carbocycles. The van der Waals surface area contributed by atoms with Crippen molar-refractivity contribution in [2.24, 2.45) is 0 Å². The van der Waals surface area contributed by atoms with Crippen LogP contribution in [0, 0.1) is 5.82 Å². The highest BCUT2D eigenvalue weighted by Crippen LogP contribution is 1.97. The van der Waals surface area contributed by atoms with E-state index in [1.165, 1.54) is 0 Å². The van der Waals surface area contributed by atoms with E-state index in [1.54, 1.807) is 0 Å². The quantitative estimate of drug-likeness (QED) is 0.814. The van der Waals surface area contributed by atoms with Crippen LogP contribution in [0.4, 0.5) is 14.0 Å². The minimum Gasteiger partial charge on any atom is -0.452 e. The zero-order chi connectivity index (χ0) is 16.7. The maximum atomic E-state index is 13.5. The summed E-state index contributed by atoms with van der Waals surface area (Å²) in [5.41, 5.74) is -2.76. The van der Waals surface area contributed by atoms with E-state index in [0.717, 1.165) is 26.4 Å². The summed E-state index contributed by atoms with van der Waals surface area (Å²) in [4.78, 5) is 46.5. The van der Waals surface area contributed by atoms with Crippen LogP contribution in [-0.4, -0.2) is 34.9 Å². The smallest absolute Gasteiger partial charge is 0.425 e. The predicted molar refractivity (Wildman–Crippen MR) is 75.7 cm³/mol. The summed E-state index contributed by atoms with van der Waals surface area (Å²) >= 11 is 0. The van der Waals surface area contributed by atoms with Crippen LogP contribution >= 0.6 is 0 Å². The van der Waals surface area contributed by atoms with Crippen LogP contribution in [-0.2, 0) is 4.74 Å². The first-order valence-corrected chi connectivity index (χ1v) is 6.84. The molecule has 0 bridgehead atoms. The molecule has 8 nitrogen and oxygen atoms in total. The summed E-state index contributed by atoms with van der Waals surface area (Å²) in [6.07, 6.45) is 2.74. The maximum absolute atomic E-state index is 13.5.